The van der Waals surface area contributed by atoms with Crippen molar-refractivity contribution in [2.24, 2.45) is 0 Å². The molecule has 0 aliphatic heterocycles. The van der Waals surface area contributed by atoms with Crippen LogP contribution < -0.4 is 10.1 Å². The number of nitrogens with zero attached hydrogens (tertiary/aromatic N) is 1. The zero-order chi connectivity index (χ0) is 14.7. The molecule has 1 atom stereocenters. The van der Waals surface area contributed by atoms with Crippen molar-refractivity contribution in [1.29, 1.82) is 0 Å². The average Bonchev–Trinajstić information content (AvgIpc) is 3.09. The lowest BCUT2D eigenvalue weighted by Crippen LogP contribution is -2.19. The molecule has 0 saturated heterocycles. The molecule has 1 heterocycles. The molecule has 0 bridgehead atoms. The van der Waals surface area contributed by atoms with Gasteiger partial charge in [0.2, 0.25) is 0 Å². The van der Waals surface area contributed by atoms with Crippen LogP contribution in [0.3, 0.4) is 0 Å². The van der Waals surface area contributed by atoms with Crippen LogP contribution in [0.2, 0.25) is 0 Å². The molecule has 1 unspecified atom stereocenters. The van der Waals surface area contributed by atoms with E-state index in [0.717, 1.165) is 43.0 Å². The first kappa shape index (κ1) is 14.1. The van der Waals surface area contributed by atoms with Gasteiger partial charge in [0.25, 0.3) is 0 Å². The molecule has 1 aliphatic rings. The lowest BCUT2D eigenvalue weighted by molar-refractivity contribution is 0.247. The average molecular weight is 286 g/mol. The number of hydrogen-bond donors (Lipinski definition) is 1. The Kier molecular flexibility index (Phi) is 4.25. The molecule has 0 saturated carbocycles. The fourth-order valence-electron chi connectivity index (χ4n) is 2.92. The number of benzene rings is 1. The third-order valence-electron chi connectivity index (χ3n) is 3.92. The monoisotopic (exact) mass is 286 g/mol. The van der Waals surface area contributed by atoms with Crippen molar-refractivity contribution in [3.63, 3.8) is 0 Å². The van der Waals surface area contributed by atoms with Crippen molar-refractivity contribution in [2.75, 3.05) is 6.54 Å². The number of aromatic nitrogens is 1. The van der Waals surface area contributed by atoms with Gasteiger partial charge in [0.1, 0.15) is 12.4 Å². The minimum absolute atomic E-state index is 0.435. The van der Waals surface area contributed by atoms with Gasteiger partial charge in [0.15, 0.2) is 5.76 Å². The van der Waals surface area contributed by atoms with Crippen LogP contribution in [0.25, 0.3) is 0 Å². The second-order valence-electron chi connectivity index (χ2n) is 5.59. The quantitative estimate of drug-likeness (QED) is 0.882. The molecule has 1 aromatic heterocycles. The van der Waals surface area contributed by atoms with Crippen molar-refractivity contribution in [2.45, 2.75) is 45.8 Å². The van der Waals surface area contributed by atoms with Crippen LogP contribution in [0, 0.1) is 6.92 Å². The van der Waals surface area contributed by atoms with Crippen LogP contribution in [0.1, 0.15) is 48.4 Å². The van der Waals surface area contributed by atoms with Crippen LogP contribution in [0.4, 0.5) is 0 Å². The standard InChI is InChI=1S/C17H22N2O2/c1-3-9-18-16-8-7-15-14(16)5-4-6-17(15)20-11-13-10-12(2)19-21-13/h4-6,10,16,18H,3,7-9,11H2,1-2H3. The fourth-order valence-corrected chi connectivity index (χ4v) is 2.92. The first-order chi connectivity index (χ1) is 10.3. The van der Waals surface area contributed by atoms with Crippen LogP contribution >= 0.6 is 0 Å². The third-order valence-corrected chi connectivity index (χ3v) is 3.92. The van der Waals surface area contributed by atoms with Crippen LogP contribution in [-0.2, 0) is 13.0 Å². The number of hydrogen-bond acceptors (Lipinski definition) is 4. The molecular formula is C17H22N2O2. The Labute approximate surface area is 125 Å². The van der Waals surface area contributed by atoms with Gasteiger partial charge in [-0.05, 0) is 49.9 Å². The van der Waals surface area contributed by atoms with Gasteiger partial charge in [-0.15, -0.1) is 0 Å². The lowest BCUT2D eigenvalue weighted by Gasteiger charge is -2.14. The van der Waals surface area contributed by atoms with Gasteiger partial charge in [-0.2, -0.15) is 0 Å². The smallest absolute Gasteiger partial charge is 0.174 e. The summed E-state index contributed by atoms with van der Waals surface area (Å²) in [7, 11) is 0. The molecule has 0 radical (unpaired) electrons. The summed E-state index contributed by atoms with van der Waals surface area (Å²) in [5, 5.41) is 7.49. The first-order valence-electron chi connectivity index (χ1n) is 7.68. The number of rotatable bonds is 6. The Morgan fingerprint density at radius 1 is 1.43 bits per heavy atom. The molecule has 1 aliphatic carbocycles. The highest BCUT2D eigenvalue weighted by molar-refractivity contribution is 5.45. The van der Waals surface area contributed by atoms with Gasteiger partial charge in [-0.25, -0.2) is 0 Å². The summed E-state index contributed by atoms with van der Waals surface area (Å²) in [6.07, 6.45) is 3.38. The molecule has 0 amide bonds. The van der Waals surface area contributed by atoms with E-state index < -0.39 is 0 Å². The van der Waals surface area contributed by atoms with Crippen LogP contribution in [0.5, 0.6) is 5.75 Å². The van der Waals surface area contributed by atoms with Gasteiger partial charge in [0, 0.05) is 12.1 Å². The van der Waals surface area contributed by atoms with Gasteiger partial charge in [-0.1, -0.05) is 24.2 Å². The van der Waals surface area contributed by atoms with E-state index in [4.69, 9.17) is 9.26 Å². The molecular weight excluding hydrogens is 264 g/mol. The summed E-state index contributed by atoms with van der Waals surface area (Å²) >= 11 is 0. The van der Waals surface area contributed by atoms with Crippen molar-refractivity contribution in [3.05, 3.63) is 46.8 Å². The van der Waals surface area contributed by atoms with Crippen molar-refractivity contribution < 1.29 is 9.26 Å². The molecule has 112 valence electrons. The molecule has 1 N–H and O–H groups in total. The highest BCUT2D eigenvalue weighted by Gasteiger charge is 2.24. The van der Waals surface area contributed by atoms with E-state index in [9.17, 15) is 0 Å². The van der Waals surface area contributed by atoms with E-state index in [-0.39, 0.29) is 0 Å². The molecule has 4 heteroatoms. The minimum atomic E-state index is 0.435. The number of fused-ring (bicyclic) bond motifs is 1. The predicted octanol–water partition coefficient (Wildman–Crippen LogP) is 3.55. The largest absolute Gasteiger partial charge is 0.485 e. The SMILES string of the molecule is CCCNC1CCc2c(OCc3cc(C)no3)cccc21. The Balaban J connectivity index is 1.71. The summed E-state index contributed by atoms with van der Waals surface area (Å²) < 4.78 is 11.1. The van der Waals surface area contributed by atoms with Crippen molar-refractivity contribution in [1.82, 2.24) is 10.5 Å². The van der Waals surface area contributed by atoms with E-state index in [1.807, 2.05) is 19.1 Å². The molecule has 0 spiro atoms. The van der Waals surface area contributed by atoms with E-state index >= 15 is 0 Å². The first-order valence-corrected chi connectivity index (χ1v) is 7.68. The number of nitrogens with one attached hydrogen (secondary N) is 1. The maximum atomic E-state index is 5.94. The predicted molar refractivity (Wildman–Crippen MR) is 81.4 cm³/mol. The summed E-state index contributed by atoms with van der Waals surface area (Å²) in [5.74, 6) is 1.74. The molecule has 3 rings (SSSR count). The fraction of sp³-hybridized carbons (Fsp3) is 0.471. The van der Waals surface area contributed by atoms with E-state index in [0.29, 0.717) is 12.6 Å². The molecule has 1 aromatic carbocycles. The van der Waals surface area contributed by atoms with Crippen molar-refractivity contribution in [3.8, 4) is 5.75 Å². The Hall–Kier alpha value is -1.81. The Bertz CT molecular complexity index is 607. The number of ether oxygens (including phenoxy) is 1. The Morgan fingerprint density at radius 2 is 2.33 bits per heavy atom. The summed E-state index contributed by atoms with van der Waals surface area (Å²) in [6.45, 7) is 5.61. The van der Waals surface area contributed by atoms with Gasteiger partial charge in [0.05, 0.1) is 5.69 Å². The minimum Gasteiger partial charge on any atom is -0.485 e. The molecule has 0 fully saturated rings. The maximum Gasteiger partial charge on any atom is 0.174 e. The van der Waals surface area contributed by atoms with E-state index in [2.05, 4.69) is 29.5 Å². The van der Waals surface area contributed by atoms with Gasteiger partial charge in [-0.3, -0.25) is 0 Å². The Morgan fingerprint density at radius 3 is 3.10 bits per heavy atom. The third kappa shape index (κ3) is 3.10. The normalized spacial score (nSPS) is 17.0. The second-order valence-corrected chi connectivity index (χ2v) is 5.59. The van der Waals surface area contributed by atoms with E-state index in [1.54, 1.807) is 0 Å². The zero-order valence-electron chi connectivity index (χ0n) is 12.7. The molecule has 21 heavy (non-hydrogen) atoms. The molecule has 2 aromatic rings. The van der Waals surface area contributed by atoms with Crippen LogP contribution in [-0.4, -0.2) is 11.7 Å². The zero-order valence-corrected chi connectivity index (χ0v) is 12.7. The topological polar surface area (TPSA) is 47.3 Å². The lowest BCUT2D eigenvalue weighted by atomic mass is 10.1. The summed E-state index contributed by atoms with van der Waals surface area (Å²) in [4.78, 5) is 0. The van der Waals surface area contributed by atoms with Crippen molar-refractivity contribution >= 4 is 0 Å². The van der Waals surface area contributed by atoms with Gasteiger partial charge < -0.3 is 14.6 Å². The van der Waals surface area contributed by atoms with Gasteiger partial charge >= 0.3 is 0 Å². The highest BCUT2D eigenvalue weighted by Crippen LogP contribution is 2.37. The number of aryl methyl sites for hydroxylation is 1. The summed E-state index contributed by atoms with van der Waals surface area (Å²) in [6, 6.07) is 8.71. The second kappa shape index (κ2) is 6.31. The van der Waals surface area contributed by atoms with Crippen LogP contribution in [0.15, 0.2) is 28.8 Å². The van der Waals surface area contributed by atoms with E-state index in [1.165, 1.54) is 11.1 Å². The molecule has 4 nitrogen and oxygen atoms in total. The highest BCUT2D eigenvalue weighted by atomic mass is 16.5. The summed E-state index contributed by atoms with van der Waals surface area (Å²) in [5.41, 5.74) is 3.60. The maximum absolute atomic E-state index is 5.94.